The molecule has 15 heavy (non-hydrogen) atoms. The lowest BCUT2D eigenvalue weighted by Crippen LogP contribution is -2.00. The van der Waals surface area contributed by atoms with Crippen molar-refractivity contribution in [1.82, 2.24) is 4.98 Å². The Morgan fingerprint density at radius 3 is 2.93 bits per heavy atom. The Morgan fingerprint density at radius 1 is 1.40 bits per heavy atom. The molecule has 0 fully saturated rings. The van der Waals surface area contributed by atoms with Gasteiger partial charge < -0.3 is 5.32 Å². The van der Waals surface area contributed by atoms with E-state index in [0.717, 1.165) is 22.4 Å². The molecule has 0 saturated heterocycles. The van der Waals surface area contributed by atoms with Gasteiger partial charge in [-0.15, -0.1) is 0 Å². The van der Waals surface area contributed by atoms with E-state index in [1.807, 2.05) is 12.3 Å². The van der Waals surface area contributed by atoms with Crippen molar-refractivity contribution in [2.24, 2.45) is 0 Å². The monoisotopic (exact) mass is 282 g/mol. The summed E-state index contributed by atoms with van der Waals surface area (Å²) in [6, 6.07) is 4.04. The van der Waals surface area contributed by atoms with Crippen LogP contribution >= 0.6 is 27.3 Å². The van der Waals surface area contributed by atoms with Gasteiger partial charge in [0.15, 0.2) is 0 Å². The van der Waals surface area contributed by atoms with E-state index >= 15 is 0 Å². The van der Waals surface area contributed by atoms with Crippen LogP contribution in [-0.4, -0.2) is 11.5 Å². The lowest BCUT2D eigenvalue weighted by atomic mass is 10.1. The highest BCUT2D eigenvalue weighted by Crippen LogP contribution is 2.34. The molecule has 0 aliphatic carbocycles. The second-order valence-electron chi connectivity index (χ2n) is 3.06. The summed E-state index contributed by atoms with van der Waals surface area (Å²) in [4.78, 5) is 4.34. The van der Waals surface area contributed by atoms with E-state index < -0.39 is 0 Å². The molecular weight excluding hydrogens is 272 g/mol. The normalized spacial score (nSPS) is 10.3. The maximum Gasteiger partial charge on any atom is 0.133 e. The highest BCUT2D eigenvalue weighted by Gasteiger charge is 2.08. The van der Waals surface area contributed by atoms with Crippen molar-refractivity contribution in [2.45, 2.75) is 6.92 Å². The third-order valence-electron chi connectivity index (χ3n) is 2.06. The lowest BCUT2D eigenvalue weighted by Gasteiger charge is -2.08. The Morgan fingerprint density at radius 2 is 2.27 bits per heavy atom. The molecule has 78 valence electrons. The number of rotatable bonds is 3. The standard InChI is InChI=1S/C11H11BrN2S/c1-2-13-11-8(4-3-5-14-11)9-6-15-7-10(9)12/h3-7H,2H2,1H3,(H,13,14). The SMILES string of the molecule is CCNc1ncccc1-c1cscc1Br. The molecule has 0 radical (unpaired) electrons. The number of thiophene rings is 1. The van der Waals surface area contributed by atoms with Gasteiger partial charge in [-0.1, -0.05) is 0 Å². The van der Waals surface area contributed by atoms with Gasteiger partial charge in [-0.3, -0.25) is 0 Å². The number of pyridine rings is 1. The summed E-state index contributed by atoms with van der Waals surface area (Å²) < 4.78 is 1.12. The molecule has 0 bridgehead atoms. The van der Waals surface area contributed by atoms with Gasteiger partial charge in [0, 0.05) is 33.7 Å². The zero-order chi connectivity index (χ0) is 10.7. The van der Waals surface area contributed by atoms with E-state index in [-0.39, 0.29) is 0 Å². The molecule has 4 heteroatoms. The minimum absolute atomic E-state index is 0.881. The number of nitrogens with zero attached hydrogens (tertiary/aromatic N) is 1. The Labute approximate surface area is 101 Å². The average Bonchev–Trinajstić information content (AvgIpc) is 2.66. The summed E-state index contributed by atoms with van der Waals surface area (Å²) in [5.41, 5.74) is 2.34. The van der Waals surface area contributed by atoms with Gasteiger partial charge in [-0.25, -0.2) is 4.98 Å². The highest BCUT2D eigenvalue weighted by atomic mass is 79.9. The predicted octanol–water partition coefficient (Wildman–Crippen LogP) is 4.00. The Bertz CT molecular complexity index is 453. The van der Waals surface area contributed by atoms with E-state index in [1.54, 1.807) is 11.3 Å². The Hall–Kier alpha value is -0.870. The Kier molecular flexibility index (Phi) is 3.38. The molecule has 0 aromatic carbocycles. The van der Waals surface area contributed by atoms with Gasteiger partial charge in [-0.05, 0) is 40.4 Å². The fourth-order valence-corrected chi connectivity index (χ4v) is 2.91. The van der Waals surface area contributed by atoms with Crippen LogP contribution in [0, 0.1) is 0 Å². The van der Waals surface area contributed by atoms with Crippen molar-refractivity contribution in [3.8, 4) is 11.1 Å². The predicted molar refractivity (Wildman–Crippen MR) is 69.4 cm³/mol. The molecule has 0 saturated carbocycles. The zero-order valence-electron chi connectivity index (χ0n) is 8.33. The molecule has 2 aromatic rings. The van der Waals surface area contributed by atoms with Gasteiger partial charge in [0.1, 0.15) is 5.82 Å². The number of hydrogen-bond donors (Lipinski definition) is 1. The number of halogens is 1. The Balaban J connectivity index is 2.48. The lowest BCUT2D eigenvalue weighted by molar-refractivity contribution is 1.16. The summed E-state index contributed by atoms with van der Waals surface area (Å²) in [5.74, 6) is 0.944. The van der Waals surface area contributed by atoms with E-state index in [9.17, 15) is 0 Å². The number of hydrogen-bond acceptors (Lipinski definition) is 3. The summed E-state index contributed by atoms with van der Waals surface area (Å²) in [6.45, 7) is 2.95. The van der Waals surface area contributed by atoms with E-state index in [0.29, 0.717) is 0 Å². The second-order valence-corrected chi connectivity index (χ2v) is 4.66. The maximum atomic E-state index is 4.34. The van der Waals surface area contributed by atoms with Gasteiger partial charge in [0.25, 0.3) is 0 Å². The minimum Gasteiger partial charge on any atom is -0.370 e. The van der Waals surface area contributed by atoms with E-state index in [1.165, 1.54) is 5.56 Å². The molecule has 1 N–H and O–H groups in total. The van der Waals surface area contributed by atoms with Crippen molar-refractivity contribution < 1.29 is 0 Å². The molecule has 2 aromatic heterocycles. The van der Waals surface area contributed by atoms with Crippen LogP contribution in [0.5, 0.6) is 0 Å². The van der Waals surface area contributed by atoms with Crippen LogP contribution in [0.3, 0.4) is 0 Å². The van der Waals surface area contributed by atoms with Crippen LogP contribution in [0.1, 0.15) is 6.92 Å². The first-order valence-corrected chi connectivity index (χ1v) is 6.47. The van der Waals surface area contributed by atoms with Crippen LogP contribution in [0.4, 0.5) is 5.82 Å². The molecule has 0 amide bonds. The zero-order valence-corrected chi connectivity index (χ0v) is 10.7. The third-order valence-corrected chi connectivity index (χ3v) is 3.76. The van der Waals surface area contributed by atoms with Crippen molar-refractivity contribution >= 4 is 33.1 Å². The molecule has 2 nitrogen and oxygen atoms in total. The topological polar surface area (TPSA) is 24.9 Å². The van der Waals surface area contributed by atoms with Crippen molar-refractivity contribution in [1.29, 1.82) is 0 Å². The minimum atomic E-state index is 0.881. The molecule has 0 aliphatic rings. The van der Waals surface area contributed by atoms with Crippen LogP contribution in [0.2, 0.25) is 0 Å². The number of aromatic nitrogens is 1. The molecule has 0 unspecified atom stereocenters. The quantitative estimate of drug-likeness (QED) is 0.920. The summed E-state index contributed by atoms with van der Waals surface area (Å²) >= 11 is 5.23. The third kappa shape index (κ3) is 2.21. The summed E-state index contributed by atoms with van der Waals surface area (Å²) in [5, 5.41) is 7.47. The number of nitrogens with one attached hydrogen (secondary N) is 1. The van der Waals surface area contributed by atoms with Crippen molar-refractivity contribution in [3.05, 3.63) is 33.6 Å². The van der Waals surface area contributed by atoms with Crippen LogP contribution in [0.15, 0.2) is 33.6 Å². The maximum absolute atomic E-state index is 4.34. The van der Waals surface area contributed by atoms with Gasteiger partial charge in [-0.2, -0.15) is 11.3 Å². The first-order valence-electron chi connectivity index (χ1n) is 4.74. The largest absolute Gasteiger partial charge is 0.370 e. The molecular formula is C11H11BrN2S. The van der Waals surface area contributed by atoms with Crippen molar-refractivity contribution in [3.63, 3.8) is 0 Å². The molecule has 2 rings (SSSR count). The fraction of sp³-hybridized carbons (Fsp3) is 0.182. The van der Waals surface area contributed by atoms with Crippen molar-refractivity contribution in [2.75, 3.05) is 11.9 Å². The summed E-state index contributed by atoms with van der Waals surface area (Å²) in [6.07, 6.45) is 1.81. The first kappa shape index (κ1) is 10.6. The molecule has 0 aliphatic heterocycles. The van der Waals surface area contributed by atoms with Crippen LogP contribution in [0.25, 0.3) is 11.1 Å². The van der Waals surface area contributed by atoms with Crippen LogP contribution < -0.4 is 5.32 Å². The van der Waals surface area contributed by atoms with Gasteiger partial charge >= 0.3 is 0 Å². The second kappa shape index (κ2) is 4.77. The smallest absolute Gasteiger partial charge is 0.133 e. The van der Waals surface area contributed by atoms with E-state index in [2.05, 4.69) is 50.0 Å². The molecule has 2 heterocycles. The average molecular weight is 283 g/mol. The van der Waals surface area contributed by atoms with Gasteiger partial charge in [0.05, 0.1) is 0 Å². The van der Waals surface area contributed by atoms with Crippen LogP contribution in [-0.2, 0) is 0 Å². The number of anilines is 1. The summed E-state index contributed by atoms with van der Waals surface area (Å²) in [7, 11) is 0. The first-order chi connectivity index (χ1) is 7.33. The molecule has 0 atom stereocenters. The van der Waals surface area contributed by atoms with E-state index in [4.69, 9.17) is 0 Å². The fourth-order valence-electron chi connectivity index (χ4n) is 1.40. The van der Waals surface area contributed by atoms with Gasteiger partial charge in [0.2, 0.25) is 0 Å². The highest BCUT2D eigenvalue weighted by molar-refractivity contribution is 9.10. The molecule has 0 spiro atoms.